The van der Waals surface area contributed by atoms with Gasteiger partial charge in [-0.25, -0.2) is 8.42 Å². The van der Waals surface area contributed by atoms with Crippen molar-refractivity contribution >= 4 is 21.6 Å². The molecular weight excluding hydrogens is 420 g/mol. The lowest BCUT2D eigenvalue weighted by atomic mass is 10.1. The van der Waals surface area contributed by atoms with Crippen molar-refractivity contribution in [3.8, 4) is 17.2 Å². The van der Waals surface area contributed by atoms with E-state index >= 15 is 0 Å². The van der Waals surface area contributed by atoms with Crippen LogP contribution in [0, 0.1) is 6.92 Å². The number of carbonyl (C=O) groups excluding carboxylic acids is 1. The molecular formula is C22H30N2O6S. The first-order chi connectivity index (χ1) is 14.7. The van der Waals surface area contributed by atoms with Crippen LogP contribution < -0.4 is 19.5 Å². The number of hydrogen-bond donors (Lipinski definition) is 1. The van der Waals surface area contributed by atoms with Crippen molar-refractivity contribution in [1.82, 2.24) is 4.31 Å². The third-order valence-electron chi connectivity index (χ3n) is 4.93. The Bertz CT molecular complexity index is 1030. The van der Waals surface area contributed by atoms with E-state index in [-0.39, 0.29) is 17.2 Å². The van der Waals surface area contributed by atoms with Crippen LogP contribution in [0.1, 0.15) is 25.0 Å². The van der Waals surface area contributed by atoms with Crippen molar-refractivity contribution in [2.75, 3.05) is 39.7 Å². The number of amides is 1. The minimum absolute atomic E-state index is 0.00946. The molecule has 0 aromatic heterocycles. The van der Waals surface area contributed by atoms with Crippen molar-refractivity contribution in [3.63, 3.8) is 0 Å². The molecule has 0 radical (unpaired) electrons. The van der Waals surface area contributed by atoms with Crippen LogP contribution in [0.3, 0.4) is 0 Å². The average molecular weight is 451 g/mol. The Kier molecular flexibility index (Phi) is 8.29. The normalized spacial score (nSPS) is 11.3. The van der Waals surface area contributed by atoms with Crippen molar-refractivity contribution in [1.29, 1.82) is 0 Å². The second kappa shape index (κ2) is 10.5. The molecule has 2 rings (SSSR count). The summed E-state index contributed by atoms with van der Waals surface area (Å²) in [4.78, 5) is 12.9. The quantitative estimate of drug-likeness (QED) is 0.597. The predicted octanol–water partition coefficient (Wildman–Crippen LogP) is 3.23. The first-order valence-electron chi connectivity index (χ1n) is 9.91. The van der Waals surface area contributed by atoms with E-state index in [1.54, 1.807) is 45.0 Å². The highest BCUT2D eigenvalue weighted by Gasteiger charge is 2.24. The molecule has 1 amide bonds. The number of rotatable bonds is 10. The van der Waals surface area contributed by atoms with Crippen molar-refractivity contribution in [2.45, 2.75) is 32.1 Å². The molecule has 0 aliphatic rings. The summed E-state index contributed by atoms with van der Waals surface area (Å²) in [7, 11) is 0.857. The fraction of sp³-hybridized carbons (Fsp3) is 0.409. The number of sulfonamides is 1. The lowest BCUT2D eigenvalue weighted by Crippen LogP contribution is -2.31. The topological polar surface area (TPSA) is 94.2 Å². The maximum atomic E-state index is 12.9. The number of aryl methyl sites for hydroxylation is 1. The number of carbonyl (C=O) groups is 1. The first kappa shape index (κ1) is 24.5. The molecule has 0 aliphatic heterocycles. The van der Waals surface area contributed by atoms with E-state index in [0.717, 1.165) is 0 Å². The van der Waals surface area contributed by atoms with E-state index in [4.69, 9.17) is 14.2 Å². The lowest BCUT2D eigenvalue weighted by molar-refractivity contribution is -0.115. The number of nitrogens with one attached hydrogen (secondary N) is 1. The molecule has 0 atom stereocenters. The molecule has 0 spiro atoms. The summed E-state index contributed by atoms with van der Waals surface area (Å²) >= 11 is 0. The number of methoxy groups -OCH3 is 3. The van der Waals surface area contributed by atoms with Gasteiger partial charge in [-0.1, -0.05) is 26.0 Å². The summed E-state index contributed by atoms with van der Waals surface area (Å²) in [5.41, 5.74) is 1.63. The van der Waals surface area contributed by atoms with Crippen molar-refractivity contribution in [3.05, 3.63) is 41.5 Å². The van der Waals surface area contributed by atoms with E-state index in [2.05, 4.69) is 5.32 Å². The SMILES string of the molecule is CCN(CC)S(=O)(=O)c1cc(NC(=O)Cc2ccc(OC)c(OC)c2OC)ccc1C. The fourth-order valence-electron chi connectivity index (χ4n) is 3.34. The van der Waals surface area contributed by atoms with Crippen molar-refractivity contribution < 1.29 is 27.4 Å². The van der Waals surface area contributed by atoms with E-state index in [0.29, 0.717) is 47.2 Å². The summed E-state index contributed by atoms with van der Waals surface area (Å²) in [6.07, 6.45) is 0.00946. The van der Waals surface area contributed by atoms with Gasteiger partial charge >= 0.3 is 0 Å². The summed E-state index contributed by atoms with van der Waals surface area (Å²) in [5, 5.41) is 2.77. The summed E-state index contributed by atoms with van der Waals surface area (Å²) in [6.45, 7) is 6.05. The van der Waals surface area contributed by atoms with Gasteiger partial charge in [0.1, 0.15) is 0 Å². The number of hydrogen-bond acceptors (Lipinski definition) is 6. The van der Waals surface area contributed by atoms with Crippen LogP contribution in [0.4, 0.5) is 5.69 Å². The number of ether oxygens (including phenoxy) is 3. The molecule has 0 heterocycles. The molecule has 31 heavy (non-hydrogen) atoms. The van der Waals surface area contributed by atoms with Gasteiger partial charge in [-0.2, -0.15) is 4.31 Å². The molecule has 2 aromatic rings. The van der Waals surface area contributed by atoms with Crippen LogP contribution >= 0.6 is 0 Å². The number of nitrogens with zero attached hydrogens (tertiary/aromatic N) is 1. The Morgan fingerprint density at radius 1 is 0.968 bits per heavy atom. The van der Waals surface area contributed by atoms with E-state index in [1.165, 1.54) is 31.7 Å². The average Bonchev–Trinajstić information content (AvgIpc) is 2.75. The molecule has 8 nitrogen and oxygen atoms in total. The van der Waals surface area contributed by atoms with Crippen LogP contribution in [-0.2, 0) is 21.2 Å². The molecule has 9 heteroatoms. The van der Waals surface area contributed by atoms with Crippen LogP contribution in [-0.4, -0.2) is 53.0 Å². The zero-order valence-corrected chi connectivity index (χ0v) is 19.6. The number of benzene rings is 2. The van der Waals surface area contributed by atoms with Gasteiger partial charge in [0.15, 0.2) is 11.5 Å². The molecule has 0 fully saturated rings. The zero-order valence-electron chi connectivity index (χ0n) is 18.8. The van der Waals surface area contributed by atoms with Gasteiger partial charge < -0.3 is 19.5 Å². The molecule has 170 valence electrons. The Hall–Kier alpha value is -2.78. The highest BCUT2D eigenvalue weighted by atomic mass is 32.2. The third-order valence-corrected chi connectivity index (χ3v) is 7.12. The van der Waals surface area contributed by atoms with Crippen LogP contribution in [0.5, 0.6) is 17.2 Å². The molecule has 0 unspecified atom stereocenters. The molecule has 1 N–H and O–H groups in total. The van der Waals surface area contributed by atoms with E-state index in [9.17, 15) is 13.2 Å². The standard InChI is InChI=1S/C22H30N2O6S/c1-7-24(8-2)31(26,27)19-14-17(11-9-15(19)3)23-20(25)13-16-10-12-18(28-4)22(30-6)21(16)29-5/h9-12,14H,7-8,13H2,1-6H3,(H,23,25). The Labute approximate surface area is 184 Å². The molecule has 0 saturated heterocycles. The van der Waals surface area contributed by atoms with Gasteiger partial charge in [0.2, 0.25) is 21.7 Å². The van der Waals surface area contributed by atoms with E-state index in [1.807, 2.05) is 0 Å². The molecule has 2 aromatic carbocycles. The summed E-state index contributed by atoms with van der Waals surface area (Å²) < 4.78 is 43.3. The van der Waals surface area contributed by atoms with Gasteiger partial charge in [-0.15, -0.1) is 0 Å². The van der Waals surface area contributed by atoms with Crippen molar-refractivity contribution in [2.24, 2.45) is 0 Å². The van der Waals surface area contributed by atoms with Crippen LogP contribution in [0.15, 0.2) is 35.2 Å². The highest BCUT2D eigenvalue weighted by Crippen LogP contribution is 2.40. The van der Waals surface area contributed by atoms with E-state index < -0.39 is 10.0 Å². The second-order valence-electron chi connectivity index (χ2n) is 6.79. The maximum Gasteiger partial charge on any atom is 0.243 e. The summed E-state index contributed by atoms with van der Waals surface area (Å²) in [6, 6.07) is 8.28. The zero-order chi connectivity index (χ0) is 23.2. The largest absolute Gasteiger partial charge is 0.493 e. The van der Waals surface area contributed by atoms with Gasteiger partial charge in [-0.05, 0) is 30.7 Å². The fourth-order valence-corrected chi connectivity index (χ4v) is 5.05. The molecule has 0 aliphatic carbocycles. The number of anilines is 1. The second-order valence-corrected chi connectivity index (χ2v) is 8.69. The van der Waals surface area contributed by atoms with Gasteiger partial charge in [-0.3, -0.25) is 4.79 Å². The Morgan fingerprint density at radius 3 is 2.16 bits per heavy atom. The van der Waals surface area contributed by atoms with Gasteiger partial charge in [0.05, 0.1) is 32.6 Å². The molecule has 0 bridgehead atoms. The monoisotopic (exact) mass is 450 g/mol. The lowest BCUT2D eigenvalue weighted by Gasteiger charge is -2.20. The summed E-state index contributed by atoms with van der Waals surface area (Å²) in [5.74, 6) is 0.984. The predicted molar refractivity (Wildman–Crippen MR) is 120 cm³/mol. The van der Waals surface area contributed by atoms with Crippen LogP contribution in [0.25, 0.3) is 0 Å². The van der Waals surface area contributed by atoms with Gasteiger partial charge in [0, 0.05) is 24.3 Å². The third kappa shape index (κ3) is 5.29. The maximum absolute atomic E-state index is 12.9. The Balaban J connectivity index is 2.30. The smallest absolute Gasteiger partial charge is 0.243 e. The first-order valence-corrected chi connectivity index (χ1v) is 11.4. The Morgan fingerprint density at radius 2 is 1.61 bits per heavy atom. The van der Waals surface area contributed by atoms with Crippen LogP contribution in [0.2, 0.25) is 0 Å². The van der Waals surface area contributed by atoms with Gasteiger partial charge in [0.25, 0.3) is 0 Å². The minimum atomic E-state index is -3.64. The minimum Gasteiger partial charge on any atom is -0.493 e. The molecule has 0 saturated carbocycles. The highest BCUT2D eigenvalue weighted by molar-refractivity contribution is 7.89.